The van der Waals surface area contributed by atoms with Crippen LogP contribution in [0.25, 0.3) is 11.0 Å². The van der Waals surface area contributed by atoms with Gasteiger partial charge < -0.3 is 20.4 Å². The van der Waals surface area contributed by atoms with Crippen molar-refractivity contribution in [2.24, 2.45) is 0 Å². The van der Waals surface area contributed by atoms with Gasteiger partial charge in [-0.05, 0) is 36.4 Å². The van der Waals surface area contributed by atoms with Gasteiger partial charge in [0.2, 0.25) is 5.95 Å². The number of imidazole rings is 1. The molecule has 0 unspecified atom stereocenters. The van der Waals surface area contributed by atoms with Gasteiger partial charge in [0.1, 0.15) is 17.2 Å². The lowest BCUT2D eigenvalue weighted by Crippen LogP contribution is -2.18. The van der Waals surface area contributed by atoms with E-state index in [1.807, 2.05) is 18.2 Å². The lowest BCUT2D eigenvalue weighted by atomic mass is 10.3. The van der Waals surface area contributed by atoms with Gasteiger partial charge in [-0.3, -0.25) is 9.78 Å². The minimum atomic E-state index is -0.280. The molecule has 3 N–H and O–H groups in total. The first kappa shape index (κ1) is 19.0. The molecular formula is C20H15Cl2N5O2. The Bertz CT molecular complexity index is 1210. The number of pyridine rings is 1. The minimum Gasteiger partial charge on any atom is -0.457 e. The maximum absolute atomic E-state index is 11.7. The Morgan fingerprint density at radius 1 is 1.03 bits per heavy atom. The summed E-state index contributed by atoms with van der Waals surface area (Å²) in [5.74, 6) is 1.38. The second-order valence-corrected chi connectivity index (χ2v) is 6.89. The molecule has 1 amide bonds. The van der Waals surface area contributed by atoms with Crippen molar-refractivity contribution in [2.45, 2.75) is 0 Å². The highest BCUT2D eigenvalue weighted by atomic mass is 35.5. The van der Waals surface area contributed by atoms with Crippen molar-refractivity contribution in [3.8, 4) is 11.5 Å². The number of rotatable bonds is 5. The van der Waals surface area contributed by atoms with Gasteiger partial charge in [-0.25, -0.2) is 4.98 Å². The van der Waals surface area contributed by atoms with Crippen LogP contribution in [0.5, 0.6) is 11.5 Å². The number of aromatic nitrogens is 3. The van der Waals surface area contributed by atoms with Crippen molar-refractivity contribution in [3.05, 3.63) is 70.5 Å². The summed E-state index contributed by atoms with van der Waals surface area (Å²) in [7, 11) is 1.55. The number of benzene rings is 2. The van der Waals surface area contributed by atoms with Crippen molar-refractivity contribution in [1.82, 2.24) is 20.3 Å². The molecular weight excluding hydrogens is 413 g/mol. The van der Waals surface area contributed by atoms with Crippen LogP contribution in [0.4, 0.5) is 11.6 Å². The lowest BCUT2D eigenvalue weighted by molar-refractivity contribution is 0.0958. The number of hydrogen-bond acceptors (Lipinski definition) is 5. The summed E-state index contributed by atoms with van der Waals surface area (Å²) < 4.78 is 5.86. The van der Waals surface area contributed by atoms with Gasteiger partial charge in [0.05, 0.1) is 21.1 Å². The highest BCUT2D eigenvalue weighted by Crippen LogP contribution is 2.29. The third-order valence-corrected chi connectivity index (χ3v) is 4.80. The molecule has 7 nitrogen and oxygen atoms in total. The molecule has 0 atom stereocenters. The fraction of sp³-hybridized carbons (Fsp3) is 0.0500. The predicted molar refractivity (Wildman–Crippen MR) is 114 cm³/mol. The van der Waals surface area contributed by atoms with Crippen LogP contribution in [0.1, 0.15) is 10.5 Å². The van der Waals surface area contributed by atoms with Gasteiger partial charge in [-0.1, -0.05) is 23.2 Å². The molecule has 4 aromatic rings. The van der Waals surface area contributed by atoms with Crippen LogP contribution in [0, 0.1) is 0 Å². The second-order valence-electron chi connectivity index (χ2n) is 6.08. The van der Waals surface area contributed by atoms with E-state index in [1.165, 1.54) is 6.20 Å². The molecule has 2 aromatic heterocycles. The molecule has 0 radical (unpaired) electrons. The van der Waals surface area contributed by atoms with Crippen molar-refractivity contribution in [3.63, 3.8) is 0 Å². The molecule has 0 aliphatic rings. The van der Waals surface area contributed by atoms with Crippen LogP contribution in [0.3, 0.4) is 0 Å². The number of ether oxygens (including phenoxy) is 1. The van der Waals surface area contributed by atoms with E-state index in [2.05, 4.69) is 25.6 Å². The number of hydrogen-bond donors (Lipinski definition) is 3. The largest absolute Gasteiger partial charge is 0.457 e. The van der Waals surface area contributed by atoms with E-state index in [0.717, 1.165) is 16.7 Å². The Morgan fingerprint density at radius 2 is 1.86 bits per heavy atom. The first-order chi connectivity index (χ1) is 14.0. The van der Waals surface area contributed by atoms with E-state index in [9.17, 15) is 4.79 Å². The Labute approximate surface area is 176 Å². The van der Waals surface area contributed by atoms with Crippen LogP contribution < -0.4 is 15.4 Å². The zero-order chi connectivity index (χ0) is 20.4. The number of fused-ring (bicyclic) bond motifs is 1. The molecule has 0 fully saturated rings. The molecule has 0 saturated heterocycles. The van der Waals surface area contributed by atoms with Gasteiger partial charge in [0.25, 0.3) is 5.91 Å². The molecule has 146 valence electrons. The second kappa shape index (κ2) is 7.98. The van der Waals surface area contributed by atoms with Gasteiger partial charge in [-0.15, -0.1) is 0 Å². The summed E-state index contributed by atoms with van der Waals surface area (Å²) >= 11 is 12.0. The zero-order valence-electron chi connectivity index (χ0n) is 15.2. The van der Waals surface area contributed by atoms with Crippen molar-refractivity contribution in [1.29, 1.82) is 0 Å². The first-order valence-electron chi connectivity index (χ1n) is 8.59. The number of carbonyl (C=O) groups is 1. The lowest BCUT2D eigenvalue weighted by Gasteiger charge is -2.06. The summed E-state index contributed by atoms with van der Waals surface area (Å²) in [5.41, 5.74) is 2.58. The first-order valence-corrected chi connectivity index (χ1v) is 9.35. The average molecular weight is 428 g/mol. The monoisotopic (exact) mass is 427 g/mol. The minimum absolute atomic E-state index is 0.278. The summed E-state index contributed by atoms with van der Waals surface area (Å²) in [4.78, 5) is 23.4. The van der Waals surface area contributed by atoms with E-state index >= 15 is 0 Å². The van der Waals surface area contributed by atoms with Crippen molar-refractivity contribution < 1.29 is 9.53 Å². The van der Waals surface area contributed by atoms with Crippen molar-refractivity contribution >= 4 is 51.8 Å². The number of amides is 1. The quantitative estimate of drug-likeness (QED) is 0.409. The number of aromatic amines is 1. The Morgan fingerprint density at radius 3 is 2.66 bits per heavy atom. The maximum atomic E-state index is 11.7. The summed E-state index contributed by atoms with van der Waals surface area (Å²) in [6.07, 6.45) is 1.52. The summed E-state index contributed by atoms with van der Waals surface area (Å²) in [6, 6.07) is 14.0. The third-order valence-electron chi connectivity index (χ3n) is 4.06. The number of nitrogens with zero attached hydrogens (tertiary/aromatic N) is 2. The fourth-order valence-electron chi connectivity index (χ4n) is 2.68. The average Bonchev–Trinajstić information content (AvgIpc) is 3.12. The third kappa shape index (κ3) is 4.26. The molecule has 0 spiro atoms. The molecule has 2 aromatic carbocycles. The summed E-state index contributed by atoms with van der Waals surface area (Å²) in [6.45, 7) is 0. The molecule has 0 aliphatic carbocycles. The van der Waals surface area contributed by atoms with E-state index in [1.54, 1.807) is 37.4 Å². The normalized spacial score (nSPS) is 10.7. The van der Waals surface area contributed by atoms with Crippen molar-refractivity contribution in [2.75, 3.05) is 12.4 Å². The predicted octanol–water partition coefficient (Wildman–Crippen LogP) is 5.16. The standard InChI is InChI=1S/C20H15Cl2N5O2/c1-23-19(28)18-10-13(6-7-24-18)29-12-3-5-16-17(9-12)27-20(26-16)25-11-2-4-14(21)15(22)8-11/h2-10H,1H3,(H,23,28)(H2,25,26,27). The highest BCUT2D eigenvalue weighted by molar-refractivity contribution is 6.42. The van der Waals surface area contributed by atoms with E-state index in [-0.39, 0.29) is 11.6 Å². The highest BCUT2D eigenvalue weighted by Gasteiger charge is 2.09. The number of carbonyl (C=O) groups excluding carboxylic acids is 1. The molecule has 0 aliphatic heterocycles. The van der Waals surface area contributed by atoms with Gasteiger partial charge in [-0.2, -0.15) is 0 Å². The van der Waals surface area contributed by atoms with Gasteiger partial charge in [0, 0.05) is 31.1 Å². The molecule has 0 bridgehead atoms. The molecule has 4 rings (SSSR count). The number of H-pyrrole nitrogens is 1. The van der Waals surface area contributed by atoms with Gasteiger partial charge >= 0.3 is 0 Å². The smallest absolute Gasteiger partial charge is 0.269 e. The van der Waals surface area contributed by atoms with E-state index < -0.39 is 0 Å². The molecule has 9 heteroatoms. The number of halogens is 2. The van der Waals surface area contributed by atoms with E-state index in [4.69, 9.17) is 27.9 Å². The Balaban J connectivity index is 1.55. The van der Waals surface area contributed by atoms with Crippen LogP contribution in [0.2, 0.25) is 10.0 Å². The molecule has 0 saturated carbocycles. The Kier molecular flexibility index (Phi) is 5.24. The van der Waals surface area contributed by atoms with Gasteiger partial charge in [0.15, 0.2) is 0 Å². The van der Waals surface area contributed by atoms with Crippen LogP contribution in [-0.2, 0) is 0 Å². The van der Waals surface area contributed by atoms with Crippen LogP contribution in [0.15, 0.2) is 54.7 Å². The topological polar surface area (TPSA) is 91.9 Å². The van der Waals surface area contributed by atoms with E-state index in [0.29, 0.717) is 27.5 Å². The molecule has 29 heavy (non-hydrogen) atoms. The number of anilines is 2. The van der Waals surface area contributed by atoms with Crippen LogP contribution >= 0.6 is 23.2 Å². The zero-order valence-corrected chi connectivity index (χ0v) is 16.7. The fourth-order valence-corrected chi connectivity index (χ4v) is 2.98. The SMILES string of the molecule is CNC(=O)c1cc(Oc2ccc3nc(Nc4ccc(Cl)c(Cl)c4)[nH]c3c2)ccn1. The summed E-state index contributed by atoms with van der Waals surface area (Å²) in [5, 5.41) is 6.63. The molecule has 2 heterocycles. The number of nitrogens with one attached hydrogen (secondary N) is 3. The maximum Gasteiger partial charge on any atom is 0.269 e. The Hall–Kier alpha value is -3.29. The van der Waals surface area contributed by atoms with Crippen LogP contribution in [-0.4, -0.2) is 27.9 Å².